The molecule has 21 heavy (non-hydrogen) atoms. The molecule has 1 aliphatic carbocycles. The van der Waals surface area contributed by atoms with Gasteiger partial charge in [-0.05, 0) is 42.9 Å². The number of hydrogen-bond donors (Lipinski definition) is 2. The van der Waals surface area contributed by atoms with Gasteiger partial charge in [-0.3, -0.25) is 0 Å². The Morgan fingerprint density at radius 3 is 2.57 bits per heavy atom. The van der Waals surface area contributed by atoms with Crippen LogP contribution >= 0.6 is 0 Å². The van der Waals surface area contributed by atoms with Crippen LogP contribution in [-0.4, -0.2) is 14.5 Å². The summed E-state index contributed by atoms with van der Waals surface area (Å²) in [4.78, 5) is -0.0445. The maximum atomic E-state index is 13.1. The SMILES string of the molecule is CC(C)C1CCCCC1NS(=O)(=O)c1ccc(F)cc1N. The van der Waals surface area contributed by atoms with Crippen molar-refractivity contribution in [3.63, 3.8) is 0 Å². The van der Waals surface area contributed by atoms with Crippen molar-refractivity contribution in [1.29, 1.82) is 0 Å². The van der Waals surface area contributed by atoms with Crippen LogP contribution in [0.5, 0.6) is 0 Å². The van der Waals surface area contributed by atoms with E-state index in [0.29, 0.717) is 11.8 Å². The molecule has 0 spiro atoms. The summed E-state index contributed by atoms with van der Waals surface area (Å²) in [6.45, 7) is 4.23. The topological polar surface area (TPSA) is 72.2 Å². The van der Waals surface area contributed by atoms with E-state index in [2.05, 4.69) is 18.6 Å². The van der Waals surface area contributed by atoms with Crippen LogP contribution in [0.15, 0.2) is 23.1 Å². The van der Waals surface area contributed by atoms with Crippen molar-refractivity contribution in [3.05, 3.63) is 24.0 Å². The van der Waals surface area contributed by atoms with Crippen LogP contribution in [0.3, 0.4) is 0 Å². The third-order valence-electron chi connectivity index (χ3n) is 4.24. The molecule has 0 saturated heterocycles. The van der Waals surface area contributed by atoms with Gasteiger partial charge in [0.05, 0.1) is 5.69 Å². The number of rotatable bonds is 4. The molecule has 6 heteroatoms. The van der Waals surface area contributed by atoms with E-state index in [1.54, 1.807) is 0 Å². The van der Waals surface area contributed by atoms with Crippen molar-refractivity contribution in [2.45, 2.75) is 50.5 Å². The molecule has 2 rings (SSSR count). The highest BCUT2D eigenvalue weighted by Gasteiger charge is 2.31. The summed E-state index contributed by atoms with van der Waals surface area (Å²) < 4.78 is 40.8. The summed E-state index contributed by atoms with van der Waals surface area (Å²) in [6.07, 6.45) is 4.03. The second kappa shape index (κ2) is 6.32. The predicted octanol–water partition coefficient (Wildman–Crippen LogP) is 2.90. The minimum Gasteiger partial charge on any atom is -0.398 e. The molecule has 2 unspecified atom stereocenters. The minimum absolute atomic E-state index is 0.0445. The summed E-state index contributed by atoms with van der Waals surface area (Å²) in [7, 11) is -3.72. The van der Waals surface area contributed by atoms with Gasteiger partial charge in [-0.15, -0.1) is 0 Å². The smallest absolute Gasteiger partial charge is 0.242 e. The molecule has 1 aromatic carbocycles. The lowest BCUT2D eigenvalue weighted by molar-refractivity contribution is 0.226. The van der Waals surface area contributed by atoms with Crippen molar-refractivity contribution < 1.29 is 12.8 Å². The van der Waals surface area contributed by atoms with Gasteiger partial charge in [0.25, 0.3) is 0 Å². The van der Waals surface area contributed by atoms with Crippen LogP contribution in [0.4, 0.5) is 10.1 Å². The highest BCUT2D eigenvalue weighted by molar-refractivity contribution is 7.89. The molecule has 1 fully saturated rings. The zero-order valence-corrected chi connectivity index (χ0v) is 13.3. The van der Waals surface area contributed by atoms with Gasteiger partial charge in [0.1, 0.15) is 10.7 Å². The third-order valence-corrected chi connectivity index (χ3v) is 5.81. The molecule has 3 N–H and O–H groups in total. The summed E-state index contributed by atoms with van der Waals surface area (Å²) in [5.74, 6) is 0.211. The standard InChI is InChI=1S/C15H23FN2O2S/c1-10(2)12-5-3-4-6-14(12)18-21(19,20)15-8-7-11(16)9-13(15)17/h7-10,12,14,18H,3-6,17H2,1-2H3. The first-order valence-corrected chi connectivity index (χ1v) is 8.87. The molecule has 1 aliphatic rings. The van der Waals surface area contributed by atoms with Crippen LogP contribution < -0.4 is 10.5 Å². The van der Waals surface area contributed by atoms with Gasteiger partial charge in [0.15, 0.2) is 0 Å². The Morgan fingerprint density at radius 2 is 1.95 bits per heavy atom. The Labute approximate surface area is 126 Å². The van der Waals surface area contributed by atoms with Crippen molar-refractivity contribution in [1.82, 2.24) is 4.72 Å². The van der Waals surface area contributed by atoms with Gasteiger partial charge in [0, 0.05) is 6.04 Å². The number of halogens is 1. The molecular formula is C15H23FN2O2S. The molecule has 0 radical (unpaired) electrons. The first-order valence-electron chi connectivity index (χ1n) is 7.38. The molecule has 1 aromatic rings. The largest absolute Gasteiger partial charge is 0.398 e. The third kappa shape index (κ3) is 3.74. The lowest BCUT2D eigenvalue weighted by atomic mass is 9.78. The van der Waals surface area contributed by atoms with Crippen molar-refractivity contribution in [2.24, 2.45) is 11.8 Å². The Hall–Kier alpha value is -1.14. The second-order valence-corrected chi connectivity index (χ2v) is 7.78. The van der Waals surface area contributed by atoms with Gasteiger partial charge in [-0.25, -0.2) is 17.5 Å². The predicted molar refractivity (Wildman–Crippen MR) is 81.7 cm³/mol. The number of nitrogen functional groups attached to an aromatic ring is 1. The summed E-state index contributed by atoms with van der Waals surface area (Å²) >= 11 is 0. The lowest BCUT2D eigenvalue weighted by Crippen LogP contribution is -2.44. The fraction of sp³-hybridized carbons (Fsp3) is 0.600. The molecule has 1 saturated carbocycles. The maximum Gasteiger partial charge on any atom is 0.242 e. The lowest BCUT2D eigenvalue weighted by Gasteiger charge is -2.34. The average molecular weight is 314 g/mol. The van der Waals surface area contributed by atoms with E-state index in [1.807, 2.05) is 0 Å². The Balaban J connectivity index is 2.23. The Morgan fingerprint density at radius 1 is 1.29 bits per heavy atom. The number of benzene rings is 1. The quantitative estimate of drug-likeness (QED) is 0.839. The number of nitrogens with two attached hydrogens (primary N) is 1. The Kier molecular flexibility index (Phi) is 4.88. The monoisotopic (exact) mass is 314 g/mol. The molecule has 0 amide bonds. The van der Waals surface area contributed by atoms with Crippen LogP contribution in [0.1, 0.15) is 39.5 Å². The maximum absolute atomic E-state index is 13.1. The Bertz CT molecular complexity index is 602. The molecule has 0 aliphatic heterocycles. The van der Waals surface area contributed by atoms with E-state index in [9.17, 15) is 12.8 Å². The molecule has 4 nitrogen and oxygen atoms in total. The number of hydrogen-bond acceptors (Lipinski definition) is 3. The van der Waals surface area contributed by atoms with Crippen LogP contribution in [0.2, 0.25) is 0 Å². The normalized spacial score (nSPS) is 23.4. The highest BCUT2D eigenvalue weighted by Crippen LogP contribution is 2.31. The van der Waals surface area contributed by atoms with Gasteiger partial charge < -0.3 is 5.73 Å². The van der Waals surface area contributed by atoms with Crippen molar-refractivity contribution in [3.8, 4) is 0 Å². The van der Waals surface area contributed by atoms with Crippen LogP contribution in [0, 0.1) is 17.7 Å². The zero-order chi connectivity index (χ0) is 15.6. The van der Waals surface area contributed by atoms with Gasteiger partial charge in [-0.2, -0.15) is 0 Å². The molecule has 118 valence electrons. The van der Waals surface area contributed by atoms with Crippen LogP contribution in [-0.2, 0) is 10.0 Å². The zero-order valence-electron chi connectivity index (χ0n) is 12.5. The first-order chi connectivity index (χ1) is 9.81. The number of anilines is 1. The molecule has 0 bridgehead atoms. The number of nitrogens with one attached hydrogen (secondary N) is 1. The number of sulfonamides is 1. The fourth-order valence-electron chi connectivity index (χ4n) is 3.13. The van der Waals surface area contributed by atoms with E-state index < -0.39 is 15.8 Å². The van der Waals surface area contributed by atoms with Crippen molar-refractivity contribution >= 4 is 15.7 Å². The van der Waals surface area contributed by atoms with E-state index in [1.165, 1.54) is 6.07 Å². The highest BCUT2D eigenvalue weighted by atomic mass is 32.2. The van der Waals surface area contributed by atoms with Gasteiger partial charge >= 0.3 is 0 Å². The minimum atomic E-state index is -3.72. The molecule has 2 atom stereocenters. The summed E-state index contributed by atoms with van der Waals surface area (Å²) in [6, 6.07) is 3.30. The van der Waals surface area contributed by atoms with Gasteiger partial charge in [-0.1, -0.05) is 26.7 Å². The average Bonchev–Trinajstić information content (AvgIpc) is 2.37. The first kappa shape index (κ1) is 16.2. The molecule has 0 aromatic heterocycles. The second-order valence-electron chi connectivity index (χ2n) is 6.10. The summed E-state index contributed by atoms with van der Waals surface area (Å²) in [5.41, 5.74) is 5.59. The fourth-order valence-corrected chi connectivity index (χ4v) is 4.57. The van der Waals surface area contributed by atoms with Crippen molar-refractivity contribution in [2.75, 3.05) is 5.73 Å². The van der Waals surface area contributed by atoms with E-state index in [4.69, 9.17) is 5.73 Å². The molecule has 0 heterocycles. The molecular weight excluding hydrogens is 291 g/mol. The van der Waals surface area contributed by atoms with E-state index in [-0.39, 0.29) is 16.6 Å². The van der Waals surface area contributed by atoms with E-state index in [0.717, 1.165) is 37.8 Å². The van der Waals surface area contributed by atoms with E-state index >= 15 is 0 Å². The summed E-state index contributed by atoms with van der Waals surface area (Å²) in [5, 5.41) is 0. The van der Waals surface area contributed by atoms with Crippen LogP contribution in [0.25, 0.3) is 0 Å². The van der Waals surface area contributed by atoms with Gasteiger partial charge in [0.2, 0.25) is 10.0 Å².